The molecule has 3 nitrogen and oxygen atoms in total. The van der Waals surface area contributed by atoms with Crippen molar-refractivity contribution in [2.75, 3.05) is 11.1 Å². The molecule has 2 aromatic heterocycles. The molecule has 18 heavy (non-hydrogen) atoms. The zero-order valence-corrected chi connectivity index (χ0v) is 11.5. The van der Waals surface area contributed by atoms with Crippen molar-refractivity contribution in [3.8, 4) is 0 Å². The average molecular weight is 275 g/mol. The highest BCUT2D eigenvalue weighted by Gasteiger charge is 2.09. The minimum absolute atomic E-state index is 0.280. The van der Waals surface area contributed by atoms with Crippen molar-refractivity contribution in [2.45, 2.75) is 13.0 Å². The number of rotatable bonds is 3. The number of aromatic nitrogens is 1. The Hall–Kier alpha value is -1.59. The monoisotopic (exact) mass is 275 g/mol. The summed E-state index contributed by atoms with van der Waals surface area (Å²) in [5.41, 5.74) is 7.55. The highest BCUT2D eigenvalue weighted by atomic mass is 32.1. The first-order chi connectivity index (χ1) is 8.72. The van der Waals surface area contributed by atoms with Crippen LogP contribution in [0.1, 0.15) is 17.8 Å². The zero-order valence-electron chi connectivity index (χ0n) is 9.88. The molecular formula is C13H13N3S2. The summed E-state index contributed by atoms with van der Waals surface area (Å²) in [5.74, 6) is 0. The molecule has 0 aliphatic rings. The molecule has 5 heteroatoms. The smallest absolute Gasteiger partial charge is 0.184 e. The normalized spacial score (nSPS) is 12.7. The van der Waals surface area contributed by atoms with Gasteiger partial charge in [-0.15, -0.1) is 11.3 Å². The third-order valence-corrected chi connectivity index (χ3v) is 4.73. The van der Waals surface area contributed by atoms with E-state index in [4.69, 9.17) is 5.73 Å². The van der Waals surface area contributed by atoms with Gasteiger partial charge in [-0.25, -0.2) is 4.98 Å². The number of nitrogens with zero attached hydrogens (tertiary/aromatic N) is 1. The van der Waals surface area contributed by atoms with E-state index in [9.17, 15) is 0 Å². The summed E-state index contributed by atoms with van der Waals surface area (Å²) < 4.78 is 1.12. The summed E-state index contributed by atoms with van der Waals surface area (Å²) in [7, 11) is 0. The summed E-state index contributed by atoms with van der Waals surface area (Å²) >= 11 is 3.39. The Morgan fingerprint density at radius 3 is 3.00 bits per heavy atom. The summed E-state index contributed by atoms with van der Waals surface area (Å²) in [6, 6.07) is 10.3. The van der Waals surface area contributed by atoms with E-state index < -0.39 is 0 Å². The first-order valence-electron chi connectivity index (χ1n) is 5.68. The number of hydrogen-bond acceptors (Lipinski definition) is 5. The van der Waals surface area contributed by atoms with Gasteiger partial charge in [0.2, 0.25) is 0 Å². The lowest BCUT2D eigenvalue weighted by atomic mass is 10.3. The van der Waals surface area contributed by atoms with Crippen molar-refractivity contribution in [2.24, 2.45) is 0 Å². The molecule has 0 spiro atoms. The molecule has 0 bridgehead atoms. The van der Waals surface area contributed by atoms with Gasteiger partial charge in [0, 0.05) is 10.6 Å². The number of nitrogens with two attached hydrogens (primary N) is 1. The van der Waals surface area contributed by atoms with Crippen LogP contribution < -0.4 is 11.1 Å². The van der Waals surface area contributed by atoms with Gasteiger partial charge in [-0.1, -0.05) is 17.4 Å². The fraction of sp³-hybridized carbons (Fsp3) is 0.154. The molecule has 0 saturated carbocycles. The quantitative estimate of drug-likeness (QED) is 0.707. The number of thiophene rings is 1. The van der Waals surface area contributed by atoms with E-state index in [1.54, 1.807) is 22.7 Å². The minimum atomic E-state index is 0.280. The Balaban J connectivity index is 1.86. The predicted molar refractivity (Wildman–Crippen MR) is 80.4 cm³/mol. The van der Waals surface area contributed by atoms with E-state index >= 15 is 0 Å². The highest BCUT2D eigenvalue weighted by Crippen LogP contribution is 2.30. The molecule has 3 N–H and O–H groups in total. The van der Waals surface area contributed by atoms with Crippen LogP contribution in [-0.2, 0) is 0 Å². The van der Waals surface area contributed by atoms with Gasteiger partial charge in [0.15, 0.2) is 5.13 Å². The molecule has 0 aliphatic heterocycles. The van der Waals surface area contributed by atoms with Gasteiger partial charge in [-0.05, 0) is 36.6 Å². The van der Waals surface area contributed by atoms with Crippen molar-refractivity contribution < 1.29 is 0 Å². The van der Waals surface area contributed by atoms with Crippen molar-refractivity contribution in [1.82, 2.24) is 4.98 Å². The number of anilines is 2. The van der Waals surface area contributed by atoms with Crippen molar-refractivity contribution in [3.63, 3.8) is 0 Å². The SMILES string of the molecule is CC(Nc1nc2ccc(N)cc2s1)c1cccs1. The Labute approximate surface area is 113 Å². The lowest BCUT2D eigenvalue weighted by molar-refractivity contribution is 0.905. The molecule has 0 aliphatic carbocycles. The van der Waals surface area contributed by atoms with E-state index in [0.717, 1.165) is 21.0 Å². The van der Waals surface area contributed by atoms with Crippen molar-refractivity contribution in [1.29, 1.82) is 0 Å². The molecule has 3 aromatic rings. The van der Waals surface area contributed by atoms with Crippen LogP contribution in [0.2, 0.25) is 0 Å². The van der Waals surface area contributed by atoms with Gasteiger partial charge in [-0.2, -0.15) is 0 Å². The van der Waals surface area contributed by atoms with E-state index in [1.165, 1.54) is 4.88 Å². The van der Waals surface area contributed by atoms with Crippen LogP contribution in [0.3, 0.4) is 0 Å². The summed E-state index contributed by atoms with van der Waals surface area (Å²) in [6.07, 6.45) is 0. The first kappa shape index (κ1) is 11.5. The third-order valence-electron chi connectivity index (χ3n) is 2.72. The van der Waals surface area contributed by atoms with Crippen LogP contribution >= 0.6 is 22.7 Å². The second kappa shape index (κ2) is 4.59. The Bertz CT molecular complexity index is 658. The van der Waals surface area contributed by atoms with Crippen LogP contribution in [0, 0.1) is 0 Å². The highest BCUT2D eigenvalue weighted by molar-refractivity contribution is 7.22. The lowest BCUT2D eigenvalue weighted by Crippen LogP contribution is -2.03. The van der Waals surface area contributed by atoms with E-state index in [2.05, 4.69) is 34.7 Å². The zero-order chi connectivity index (χ0) is 12.5. The van der Waals surface area contributed by atoms with Gasteiger partial charge in [-0.3, -0.25) is 0 Å². The number of nitrogens with one attached hydrogen (secondary N) is 1. The Kier molecular flexibility index (Phi) is 2.93. The number of fused-ring (bicyclic) bond motifs is 1. The molecule has 0 fully saturated rings. The molecular weight excluding hydrogens is 262 g/mol. The maximum absolute atomic E-state index is 5.77. The maximum Gasteiger partial charge on any atom is 0.184 e. The van der Waals surface area contributed by atoms with E-state index in [1.807, 2.05) is 18.2 Å². The fourth-order valence-corrected chi connectivity index (χ4v) is 3.53. The first-order valence-corrected chi connectivity index (χ1v) is 7.38. The second-order valence-electron chi connectivity index (χ2n) is 4.13. The number of thiazole rings is 1. The molecule has 1 unspecified atom stereocenters. The van der Waals surface area contributed by atoms with Gasteiger partial charge in [0.25, 0.3) is 0 Å². The number of nitrogen functional groups attached to an aromatic ring is 1. The summed E-state index contributed by atoms with van der Waals surface area (Å²) in [4.78, 5) is 5.87. The molecule has 0 saturated heterocycles. The van der Waals surface area contributed by atoms with Gasteiger partial charge in [0.05, 0.1) is 16.3 Å². The van der Waals surface area contributed by atoms with Gasteiger partial charge in [0.1, 0.15) is 0 Å². The van der Waals surface area contributed by atoms with Crippen LogP contribution in [-0.4, -0.2) is 4.98 Å². The summed E-state index contributed by atoms with van der Waals surface area (Å²) in [6.45, 7) is 2.15. The Morgan fingerprint density at radius 1 is 1.33 bits per heavy atom. The standard InChI is InChI=1S/C13H13N3S2/c1-8(11-3-2-6-17-11)15-13-16-10-5-4-9(14)7-12(10)18-13/h2-8H,14H2,1H3,(H,15,16). The molecule has 0 amide bonds. The van der Waals surface area contributed by atoms with Gasteiger partial charge < -0.3 is 11.1 Å². The molecule has 1 aromatic carbocycles. The largest absolute Gasteiger partial charge is 0.399 e. The fourth-order valence-electron chi connectivity index (χ4n) is 1.80. The molecule has 2 heterocycles. The minimum Gasteiger partial charge on any atom is -0.399 e. The number of benzene rings is 1. The third kappa shape index (κ3) is 2.19. The van der Waals surface area contributed by atoms with E-state index in [-0.39, 0.29) is 6.04 Å². The molecule has 92 valence electrons. The topological polar surface area (TPSA) is 50.9 Å². The number of hydrogen-bond donors (Lipinski definition) is 2. The Morgan fingerprint density at radius 2 is 2.22 bits per heavy atom. The lowest BCUT2D eigenvalue weighted by Gasteiger charge is -2.09. The van der Waals surface area contributed by atoms with E-state index in [0.29, 0.717) is 0 Å². The maximum atomic E-state index is 5.77. The van der Waals surface area contributed by atoms with Crippen molar-refractivity contribution in [3.05, 3.63) is 40.6 Å². The van der Waals surface area contributed by atoms with Crippen molar-refractivity contribution >= 4 is 43.7 Å². The second-order valence-corrected chi connectivity index (χ2v) is 6.14. The molecule has 3 rings (SSSR count). The predicted octanol–water partition coefficient (Wildman–Crippen LogP) is 4.11. The summed E-state index contributed by atoms with van der Waals surface area (Å²) in [5, 5.41) is 6.46. The van der Waals surface area contributed by atoms with Crippen LogP contribution in [0.4, 0.5) is 10.8 Å². The van der Waals surface area contributed by atoms with Crippen LogP contribution in [0.15, 0.2) is 35.7 Å². The van der Waals surface area contributed by atoms with Gasteiger partial charge >= 0.3 is 0 Å². The molecule has 1 atom stereocenters. The average Bonchev–Trinajstić information content (AvgIpc) is 2.95. The van der Waals surface area contributed by atoms with Crippen LogP contribution in [0.25, 0.3) is 10.2 Å². The van der Waals surface area contributed by atoms with Crippen LogP contribution in [0.5, 0.6) is 0 Å². The molecule has 0 radical (unpaired) electrons.